The summed E-state index contributed by atoms with van der Waals surface area (Å²) >= 11 is 5.82. The molecule has 5 nitrogen and oxygen atoms in total. The standard InChI is InChI=1S/C14H14ClNO4S/c1-19-12-7-11(8-13(9-12)20-2)16-21(17,18)14-5-3-4-10(15)6-14/h3-9,16H,1-2H3. The predicted octanol–water partition coefficient (Wildman–Crippen LogP) is 3.16. The molecule has 0 atom stereocenters. The zero-order chi connectivity index (χ0) is 15.5. The predicted molar refractivity (Wildman–Crippen MR) is 81.8 cm³/mol. The van der Waals surface area contributed by atoms with Gasteiger partial charge in [-0.25, -0.2) is 8.42 Å². The average molecular weight is 328 g/mol. The molecule has 0 aliphatic rings. The number of methoxy groups -OCH3 is 2. The topological polar surface area (TPSA) is 64.6 Å². The third-order valence-corrected chi connectivity index (χ3v) is 4.32. The third kappa shape index (κ3) is 3.80. The van der Waals surface area contributed by atoms with Gasteiger partial charge in [-0.2, -0.15) is 0 Å². The van der Waals surface area contributed by atoms with E-state index in [-0.39, 0.29) is 4.90 Å². The van der Waals surface area contributed by atoms with Crippen LogP contribution in [0.3, 0.4) is 0 Å². The van der Waals surface area contributed by atoms with Crippen molar-refractivity contribution in [1.82, 2.24) is 0 Å². The molecule has 0 heterocycles. The van der Waals surface area contributed by atoms with Crippen LogP contribution in [0, 0.1) is 0 Å². The molecule has 2 aromatic rings. The van der Waals surface area contributed by atoms with Crippen molar-refractivity contribution in [3.63, 3.8) is 0 Å². The highest BCUT2D eigenvalue weighted by Crippen LogP contribution is 2.27. The number of halogens is 1. The first-order valence-corrected chi connectivity index (χ1v) is 7.82. The molecule has 2 aromatic carbocycles. The van der Waals surface area contributed by atoms with Crippen molar-refractivity contribution in [1.29, 1.82) is 0 Å². The average Bonchev–Trinajstić information content (AvgIpc) is 2.46. The van der Waals surface area contributed by atoms with Gasteiger partial charge in [-0.1, -0.05) is 17.7 Å². The largest absolute Gasteiger partial charge is 0.497 e. The van der Waals surface area contributed by atoms with Crippen LogP contribution >= 0.6 is 11.6 Å². The summed E-state index contributed by atoms with van der Waals surface area (Å²) in [5.74, 6) is 0.969. The number of rotatable bonds is 5. The number of ether oxygens (including phenoxy) is 2. The van der Waals surface area contributed by atoms with Crippen molar-refractivity contribution in [2.75, 3.05) is 18.9 Å². The van der Waals surface area contributed by atoms with Gasteiger partial charge < -0.3 is 9.47 Å². The van der Waals surface area contributed by atoms with Crippen molar-refractivity contribution in [3.05, 3.63) is 47.5 Å². The second kappa shape index (κ2) is 6.24. The molecular formula is C14H14ClNO4S. The van der Waals surface area contributed by atoms with Crippen LogP contribution in [0.15, 0.2) is 47.4 Å². The molecule has 0 radical (unpaired) electrons. The van der Waals surface area contributed by atoms with Crippen molar-refractivity contribution in [2.24, 2.45) is 0 Å². The summed E-state index contributed by atoms with van der Waals surface area (Å²) in [4.78, 5) is 0.0804. The van der Waals surface area contributed by atoms with E-state index in [9.17, 15) is 8.42 Å². The molecule has 0 saturated heterocycles. The van der Waals surface area contributed by atoms with Crippen molar-refractivity contribution in [2.45, 2.75) is 4.90 Å². The fraction of sp³-hybridized carbons (Fsp3) is 0.143. The lowest BCUT2D eigenvalue weighted by Crippen LogP contribution is -2.13. The van der Waals surface area contributed by atoms with E-state index in [1.165, 1.54) is 26.4 Å². The molecule has 0 bridgehead atoms. The van der Waals surface area contributed by atoms with Crippen LogP contribution in [0.2, 0.25) is 5.02 Å². The fourth-order valence-corrected chi connectivity index (χ4v) is 3.06. The Labute approximate surface area is 128 Å². The minimum atomic E-state index is -3.73. The second-order valence-electron chi connectivity index (χ2n) is 4.16. The SMILES string of the molecule is COc1cc(NS(=O)(=O)c2cccc(Cl)c2)cc(OC)c1. The van der Waals surface area contributed by atoms with Gasteiger partial charge in [0.2, 0.25) is 0 Å². The normalized spacial score (nSPS) is 11.0. The monoisotopic (exact) mass is 327 g/mol. The van der Waals surface area contributed by atoms with Gasteiger partial charge in [0.1, 0.15) is 11.5 Å². The van der Waals surface area contributed by atoms with E-state index in [1.54, 1.807) is 30.3 Å². The van der Waals surface area contributed by atoms with Crippen LogP contribution in [0.25, 0.3) is 0 Å². The van der Waals surface area contributed by atoms with Crippen LogP contribution in [-0.4, -0.2) is 22.6 Å². The summed E-state index contributed by atoms with van der Waals surface area (Å²) in [6.45, 7) is 0. The Hall–Kier alpha value is -1.92. The molecule has 21 heavy (non-hydrogen) atoms. The van der Waals surface area contributed by atoms with E-state index in [4.69, 9.17) is 21.1 Å². The van der Waals surface area contributed by atoms with E-state index in [1.807, 2.05) is 0 Å². The first kappa shape index (κ1) is 15.5. The van der Waals surface area contributed by atoms with E-state index in [0.717, 1.165) is 0 Å². The summed E-state index contributed by atoms with van der Waals surface area (Å²) in [5.41, 5.74) is 0.339. The number of hydrogen-bond acceptors (Lipinski definition) is 4. The summed E-state index contributed by atoms with van der Waals surface area (Å²) in [6.07, 6.45) is 0. The summed E-state index contributed by atoms with van der Waals surface area (Å²) in [6, 6.07) is 10.8. The zero-order valence-corrected chi connectivity index (χ0v) is 13.0. The summed E-state index contributed by atoms with van der Waals surface area (Å²) in [7, 11) is -0.751. The second-order valence-corrected chi connectivity index (χ2v) is 6.28. The molecular weight excluding hydrogens is 314 g/mol. The maximum Gasteiger partial charge on any atom is 0.261 e. The molecule has 0 unspecified atom stereocenters. The Morgan fingerprint density at radius 1 is 1.00 bits per heavy atom. The summed E-state index contributed by atoms with van der Waals surface area (Å²) in [5, 5.41) is 0.348. The van der Waals surface area contributed by atoms with Crippen LogP contribution in [0.1, 0.15) is 0 Å². The maximum atomic E-state index is 12.3. The molecule has 0 aromatic heterocycles. The van der Waals surface area contributed by atoms with Crippen LogP contribution in [-0.2, 0) is 10.0 Å². The molecule has 2 rings (SSSR count). The van der Waals surface area contributed by atoms with Crippen LogP contribution in [0.5, 0.6) is 11.5 Å². The van der Waals surface area contributed by atoms with Crippen molar-refractivity contribution >= 4 is 27.3 Å². The van der Waals surface area contributed by atoms with Gasteiger partial charge in [0.25, 0.3) is 10.0 Å². The first-order valence-electron chi connectivity index (χ1n) is 5.96. The Morgan fingerprint density at radius 2 is 1.62 bits per heavy atom. The first-order chi connectivity index (χ1) is 9.94. The molecule has 0 saturated carbocycles. The molecule has 112 valence electrons. The van der Waals surface area contributed by atoms with Gasteiger partial charge in [0.15, 0.2) is 0 Å². The maximum absolute atomic E-state index is 12.3. The molecule has 0 amide bonds. The minimum Gasteiger partial charge on any atom is -0.497 e. The molecule has 0 aliphatic carbocycles. The number of hydrogen-bond donors (Lipinski definition) is 1. The molecule has 0 spiro atoms. The third-order valence-electron chi connectivity index (χ3n) is 2.71. The van der Waals surface area contributed by atoms with E-state index >= 15 is 0 Å². The molecule has 7 heteroatoms. The number of nitrogens with one attached hydrogen (secondary N) is 1. The zero-order valence-electron chi connectivity index (χ0n) is 11.5. The van der Waals surface area contributed by atoms with Crippen LogP contribution in [0.4, 0.5) is 5.69 Å². The Kier molecular flexibility index (Phi) is 4.59. The lowest BCUT2D eigenvalue weighted by Gasteiger charge is -2.11. The van der Waals surface area contributed by atoms with E-state index in [2.05, 4.69) is 4.72 Å². The van der Waals surface area contributed by atoms with Gasteiger partial charge in [-0.05, 0) is 18.2 Å². The van der Waals surface area contributed by atoms with Gasteiger partial charge >= 0.3 is 0 Å². The number of anilines is 1. The quantitative estimate of drug-likeness (QED) is 0.916. The fourth-order valence-electron chi connectivity index (χ4n) is 1.71. The van der Waals surface area contributed by atoms with Crippen LogP contribution < -0.4 is 14.2 Å². The van der Waals surface area contributed by atoms with Gasteiger partial charge in [-0.15, -0.1) is 0 Å². The minimum absolute atomic E-state index is 0.0804. The highest BCUT2D eigenvalue weighted by atomic mass is 35.5. The Balaban J connectivity index is 2.36. The highest BCUT2D eigenvalue weighted by Gasteiger charge is 2.15. The lowest BCUT2D eigenvalue weighted by atomic mass is 10.3. The molecule has 0 fully saturated rings. The Bertz CT molecular complexity index is 724. The van der Waals surface area contributed by atoms with Gasteiger partial charge in [0, 0.05) is 23.2 Å². The van der Waals surface area contributed by atoms with Crippen molar-refractivity contribution < 1.29 is 17.9 Å². The Morgan fingerprint density at radius 3 is 2.14 bits per heavy atom. The van der Waals surface area contributed by atoms with E-state index in [0.29, 0.717) is 22.2 Å². The smallest absolute Gasteiger partial charge is 0.261 e. The van der Waals surface area contributed by atoms with Crippen molar-refractivity contribution in [3.8, 4) is 11.5 Å². The summed E-state index contributed by atoms with van der Waals surface area (Å²) < 4.78 is 37.3. The molecule has 0 aliphatic heterocycles. The van der Waals surface area contributed by atoms with Gasteiger partial charge in [0.05, 0.1) is 24.8 Å². The number of benzene rings is 2. The highest BCUT2D eigenvalue weighted by molar-refractivity contribution is 7.92. The van der Waals surface area contributed by atoms with Gasteiger partial charge in [-0.3, -0.25) is 4.72 Å². The number of sulfonamides is 1. The molecule has 1 N–H and O–H groups in total. The van der Waals surface area contributed by atoms with E-state index < -0.39 is 10.0 Å². The lowest BCUT2D eigenvalue weighted by molar-refractivity contribution is 0.395.